The van der Waals surface area contributed by atoms with Crippen LogP contribution in [0.1, 0.15) is 15.9 Å². The Labute approximate surface area is 88.4 Å². The summed E-state index contributed by atoms with van der Waals surface area (Å²) in [6.07, 6.45) is 0.821. The minimum atomic E-state index is -0.0190. The largest absolute Gasteiger partial charge is 0.492 e. The maximum Gasteiger partial charge on any atom is 0.251 e. The summed E-state index contributed by atoms with van der Waals surface area (Å²) < 4.78 is 5.50. The average molecular weight is 206 g/mol. The lowest BCUT2D eigenvalue weighted by atomic mass is 9.99. The Kier molecular flexibility index (Phi) is 2.87. The lowest BCUT2D eigenvalue weighted by molar-refractivity contribution is 0.0945. The normalized spacial score (nSPS) is 14.3. The third kappa shape index (κ3) is 1.94. The zero-order valence-electron chi connectivity index (χ0n) is 8.45. The van der Waals surface area contributed by atoms with Gasteiger partial charge in [-0.05, 0) is 18.6 Å². The van der Waals surface area contributed by atoms with Crippen molar-refractivity contribution in [2.75, 3.05) is 19.7 Å². The molecule has 0 spiro atoms. The zero-order valence-corrected chi connectivity index (χ0v) is 8.45. The van der Waals surface area contributed by atoms with Crippen LogP contribution in [0.15, 0.2) is 18.2 Å². The van der Waals surface area contributed by atoms with E-state index < -0.39 is 0 Å². The van der Waals surface area contributed by atoms with E-state index in [1.807, 2.05) is 18.2 Å². The average Bonchev–Trinajstić information content (AvgIpc) is 2.27. The Morgan fingerprint density at radius 2 is 2.33 bits per heavy atom. The van der Waals surface area contributed by atoms with Gasteiger partial charge in [0, 0.05) is 24.2 Å². The maximum absolute atomic E-state index is 11.5. The lowest BCUT2D eigenvalue weighted by Gasteiger charge is -2.19. The first kappa shape index (κ1) is 9.98. The number of nitrogens with one attached hydrogen (secondary N) is 1. The highest BCUT2D eigenvalue weighted by atomic mass is 16.5. The van der Waals surface area contributed by atoms with Crippen LogP contribution < -0.4 is 15.8 Å². The minimum Gasteiger partial charge on any atom is -0.492 e. The van der Waals surface area contributed by atoms with Gasteiger partial charge in [-0.2, -0.15) is 0 Å². The number of carbonyl (C=O) groups is 1. The van der Waals surface area contributed by atoms with Crippen LogP contribution in [0.2, 0.25) is 0 Å². The fourth-order valence-electron chi connectivity index (χ4n) is 1.74. The fourth-order valence-corrected chi connectivity index (χ4v) is 1.74. The molecule has 1 aliphatic rings. The monoisotopic (exact) mass is 206 g/mol. The second-order valence-electron chi connectivity index (χ2n) is 3.43. The molecule has 0 aromatic heterocycles. The van der Waals surface area contributed by atoms with Crippen LogP contribution in [0, 0.1) is 0 Å². The molecule has 1 heterocycles. The van der Waals surface area contributed by atoms with Gasteiger partial charge < -0.3 is 15.8 Å². The molecule has 0 saturated carbocycles. The molecule has 4 nitrogen and oxygen atoms in total. The van der Waals surface area contributed by atoms with Crippen LogP contribution in [-0.4, -0.2) is 25.6 Å². The van der Waals surface area contributed by atoms with Gasteiger partial charge in [0.1, 0.15) is 12.4 Å². The van der Waals surface area contributed by atoms with Crippen LogP contribution in [-0.2, 0) is 6.42 Å². The molecule has 0 atom stereocenters. The van der Waals surface area contributed by atoms with Gasteiger partial charge in [-0.15, -0.1) is 0 Å². The zero-order chi connectivity index (χ0) is 10.7. The first-order chi connectivity index (χ1) is 7.33. The summed E-state index contributed by atoms with van der Waals surface area (Å²) in [6, 6.07) is 5.53. The first-order valence-electron chi connectivity index (χ1n) is 5.06. The van der Waals surface area contributed by atoms with Gasteiger partial charge in [-0.1, -0.05) is 6.07 Å². The lowest BCUT2D eigenvalue weighted by Crippen LogP contribution is -2.32. The predicted molar refractivity (Wildman–Crippen MR) is 57.0 cm³/mol. The molecule has 2 rings (SSSR count). The Morgan fingerprint density at radius 1 is 1.47 bits per heavy atom. The Morgan fingerprint density at radius 3 is 3.13 bits per heavy atom. The van der Waals surface area contributed by atoms with Crippen molar-refractivity contribution in [1.29, 1.82) is 0 Å². The highest BCUT2D eigenvalue weighted by Crippen LogP contribution is 2.24. The Balaban J connectivity index is 2.31. The summed E-state index contributed by atoms with van der Waals surface area (Å²) >= 11 is 0. The third-order valence-corrected chi connectivity index (χ3v) is 2.41. The number of rotatable bonds is 3. The molecular weight excluding hydrogens is 192 g/mol. The van der Waals surface area contributed by atoms with E-state index in [9.17, 15) is 4.79 Å². The van der Waals surface area contributed by atoms with Crippen LogP contribution >= 0.6 is 0 Å². The third-order valence-electron chi connectivity index (χ3n) is 2.41. The summed E-state index contributed by atoms with van der Waals surface area (Å²) in [7, 11) is 0. The van der Waals surface area contributed by atoms with Crippen molar-refractivity contribution >= 4 is 5.91 Å². The van der Waals surface area contributed by atoms with Crippen molar-refractivity contribution in [2.45, 2.75) is 6.42 Å². The van der Waals surface area contributed by atoms with Crippen molar-refractivity contribution in [3.8, 4) is 5.75 Å². The highest BCUT2D eigenvalue weighted by molar-refractivity contribution is 5.97. The smallest absolute Gasteiger partial charge is 0.251 e. The van der Waals surface area contributed by atoms with E-state index in [-0.39, 0.29) is 5.91 Å². The van der Waals surface area contributed by atoms with Crippen LogP contribution in [0.4, 0.5) is 0 Å². The summed E-state index contributed by atoms with van der Waals surface area (Å²) in [4.78, 5) is 11.5. The molecule has 0 radical (unpaired) electrons. The molecule has 1 amide bonds. The van der Waals surface area contributed by atoms with E-state index in [1.165, 1.54) is 0 Å². The van der Waals surface area contributed by atoms with Crippen molar-refractivity contribution in [2.24, 2.45) is 5.73 Å². The molecule has 1 aromatic carbocycles. The Hall–Kier alpha value is -1.55. The standard InChI is InChI=1S/C11H14N2O2/c12-5-7-15-10-3-1-2-9-8(10)4-6-13-11(9)14/h1-3H,4-7,12H2,(H,13,14). The molecule has 0 fully saturated rings. The summed E-state index contributed by atoms with van der Waals surface area (Å²) in [5.74, 6) is 0.766. The quantitative estimate of drug-likeness (QED) is 0.748. The van der Waals surface area contributed by atoms with E-state index >= 15 is 0 Å². The van der Waals surface area contributed by atoms with Gasteiger partial charge in [0.2, 0.25) is 0 Å². The van der Waals surface area contributed by atoms with Gasteiger partial charge in [-0.3, -0.25) is 4.79 Å². The number of fused-ring (bicyclic) bond motifs is 1. The Bertz CT molecular complexity index is 377. The SMILES string of the molecule is NCCOc1cccc2c1CCNC2=O. The first-order valence-corrected chi connectivity index (χ1v) is 5.06. The molecule has 0 bridgehead atoms. The van der Waals surface area contributed by atoms with Crippen LogP contribution in [0.3, 0.4) is 0 Å². The second-order valence-corrected chi connectivity index (χ2v) is 3.43. The molecule has 3 N–H and O–H groups in total. The fraction of sp³-hybridized carbons (Fsp3) is 0.364. The number of carbonyl (C=O) groups excluding carboxylic acids is 1. The van der Waals surface area contributed by atoms with E-state index in [0.717, 1.165) is 23.3 Å². The summed E-state index contributed by atoms with van der Waals surface area (Å²) in [6.45, 7) is 1.64. The van der Waals surface area contributed by atoms with Gasteiger partial charge in [0.05, 0.1) is 0 Å². The molecule has 1 aromatic rings. The van der Waals surface area contributed by atoms with E-state index in [2.05, 4.69) is 5.32 Å². The van der Waals surface area contributed by atoms with Gasteiger partial charge in [0.15, 0.2) is 0 Å². The minimum absolute atomic E-state index is 0.0190. The number of ether oxygens (including phenoxy) is 1. The second kappa shape index (κ2) is 4.31. The van der Waals surface area contributed by atoms with Crippen molar-refractivity contribution in [3.05, 3.63) is 29.3 Å². The van der Waals surface area contributed by atoms with Crippen molar-refractivity contribution < 1.29 is 9.53 Å². The number of benzene rings is 1. The molecule has 0 aliphatic carbocycles. The van der Waals surface area contributed by atoms with E-state index in [0.29, 0.717) is 19.7 Å². The number of nitrogens with two attached hydrogens (primary N) is 1. The molecule has 15 heavy (non-hydrogen) atoms. The summed E-state index contributed by atoms with van der Waals surface area (Å²) in [5, 5.41) is 2.80. The van der Waals surface area contributed by atoms with Gasteiger partial charge in [-0.25, -0.2) is 0 Å². The van der Waals surface area contributed by atoms with E-state index in [1.54, 1.807) is 0 Å². The van der Waals surface area contributed by atoms with Crippen LogP contribution in [0.25, 0.3) is 0 Å². The summed E-state index contributed by atoms with van der Waals surface area (Å²) in [5.41, 5.74) is 7.09. The number of hydrogen-bond acceptors (Lipinski definition) is 3. The van der Waals surface area contributed by atoms with Crippen molar-refractivity contribution in [3.63, 3.8) is 0 Å². The predicted octanol–water partition coefficient (Wildman–Crippen LogP) is 0.310. The number of amides is 1. The molecular formula is C11H14N2O2. The number of hydrogen-bond donors (Lipinski definition) is 2. The molecule has 4 heteroatoms. The van der Waals surface area contributed by atoms with Crippen LogP contribution in [0.5, 0.6) is 5.75 Å². The molecule has 1 aliphatic heterocycles. The van der Waals surface area contributed by atoms with Gasteiger partial charge >= 0.3 is 0 Å². The molecule has 0 unspecified atom stereocenters. The highest BCUT2D eigenvalue weighted by Gasteiger charge is 2.19. The molecule has 0 saturated heterocycles. The topological polar surface area (TPSA) is 64.3 Å². The van der Waals surface area contributed by atoms with Gasteiger partial charge in [0.25, 0.3) is 5.91 Å². The van der Waals surface area contributed by atoms with Crippen molar-refractivity contribution in [1.82, 2.24) is 5.32 Å². The molecule has 80 valence electrons. The van der Waals surface area contributed by atoms with E-state index in [4.69, 9.17) is 10.5 Å². The maximum atomic E-state index is 11.5.